The number of halogens is 1. The third-order valence-electron chi connectivity index (χ3n) is 2.09. The van der Waals surface area contributed by atoms with E-state index in [4.69, 9.17) is 16.3 Å². The van der Waals surface area contributed by atoms with Gasteiger partial charge >= 0.3 is 0 Å². The molecule has 0 aliphatic rings. The average molecular weight is 222 g/mol. The maximum Gasteiger partial charge on any atom is 0.233 e. The first-order valence-electron chi connectivity index (χ1n) is 4.99. The molecule has 0 aliphatic heterocycles. The quantitative estimate of drug-likeness (QED) is 0.789. The van der Waals surface area contributed by atoms with Gasteiger partial charge in [-0.05, 0) is 18.6 Å². The standard InChI is InChI=1S/C12H12ClNO/c1-2-7-15-12-10(13)8-9-5-3-4-6-11(9)14-12/h3-6,8H,2,7H2,1H3. The molecule has 0 saturated heterocycles. The molecule has 78 valence electrons. The van der Waals surface area contributed by atoms with Crippen LogP contribution >= 0.6 is 11.6 Å². The van der Waals surface area contributed by atoms with Gasteiger partial charge in [0.1, 0.15) is 5.02 Å². The fraction of sp³-hybridized carbons (Fsp3) is 0.250. The largest absolute Gasteiger partial charge is 0.477 e. The number of nitrogens with zero attached hydrogens (tertiary/aromatic N) is 1. The molecule has 2 aromatic rings. The number of aromatic nitrogens is 1. The first kappa shape index (κ1) is 10.2. The molecule has 0 N–H and O–H groups in total. The summed E-state index contributed by atoms with van der Waals surface area (Å²) >= 11 is 6.05. The molecule has 0 saturated carbocycles. The van der Waals surface area contributed by atoms with Crippen LogP contribution in [-0.4, -0.2) is 11.6 Å². The van der Waals surface area contributed by atoms with Crippen molar-refractivity contribution in [3.05, 3.63) is 35.4 Å². The minimum atomic E-state index is 0.525. The van der Waals surface area contributed by atoms with E-state index in [-0.39, 0.29) is 0 Å². The lowest BCUT2D eigenvalue weighted by Gasteiger charge is -2.06. The summed E-state index contributed by atoms with van der Waals surface area (Å²) < 4.78 is 5.45. The monoisotopic (exact) mass is 221 g/mol. The van der Waals surface area contributed by atoms with Crippen LogP contribution in [0.15, 0.2) is 30.3 Å². The first-order chi connectivity index (χ1) is 7.31. The fourth-order valence-electron chi connectivity index (χ4n) is 1.37. The Morgan fingerprint density at radius 3 is 2.93 bits per heavy atom. The van der Waals surface area contributed by atoms with Crippen molar-refractivity contribution >= 4 is 22.5 Å². The van der Waals surface area contributed by atoms with Gasteiger partial charge in [-0.15, -0.1) is 0 Å². The number of fused-ring (bicyclic) bond motifs is 1. The van der Waals surface area contributed by atoms with E-state index < -0.39 is 0 Å². The zero-order valence-electron chi connectivity index (χ0n) is 8.53. The summed E-state index contributed by atoms with van der Waals surface area (Å²) in [6.45, 7) is 2.69. The van der Waals surface area contributed by atoms with Crippen LogP contribution in [0.25, 0.3) is 10.9 Å². The molecule has 0 radical (unpaired) electrons. The Balaban J connectivity index is 2.43. The number of hydrogen-bond acceptors (Lipinski definition) is 2. The van der Waals surface area contributed by atoms with Crippen molar-refractivity contribution in [2.45, 2.75) is 13.3 Å². The smallest absolute Gasteiger partial charge is 0.233 e. The molecule has 3 heteroatoms. The van der Waals surface area contributed by atoms with Gasteiger partial charge in [-0.2, -0.15) is 0 Å². The minimum absolute atomic E-state index is 0.525. The van der Waals surface area contributed by atoms with Crippen LogP contribution < -0.4 is 4.74 Å². The van der Waals surface area contributed by atoms with Gasteiger partial charge in [-0.25, -0.2) is 4.98 Å². The maximum atomic E-state index is 6.05. The summed E-state index contributed by atoms with van der Waals surface area (Å²) in [7, 11) is 0. The third kappa shape index (κ3) is 2.21. The molecule has 0 unspecified atom stereocenters. The second kappa shape index (κ2) is 4.49. The molecule has 0 bridgehead atoms. The second-order valence-electron chi connectivity index (χ2n) is 3.32. The van der Waals surface area contributed by atoms with E-state index in [1.54, 1.807) is 0 Å². The summed E-state index contributed by atoms with van der Waals surface area (Å²) in [5.74, 6) is 0.525. The van der Waals surface area contributed by atoms with Crippen LogP contribution in [-0.2, 0) is 0 Å². The highest BCUT2D eigenvalue weighted by molar-refractivity contribution is 6.32. The van der Waals surface area contributed by atoms with Crippen molar-refractivity contribution in [1.82, 2.24) is 4.98 Å². The Hall–Kier alpha value is -1.28. The van der Waals surface area contributed by atoms with Crippen LogP contribution in [0.2, 0.25) is 5.02 Å². The van der Waals surface area contributed by atoms with Crippen LogP contribution in [0.1, 0.15) is 13.3 Å². The highest BCUT2D eigenvalue weighted by atomic mass is 35.5. The molecule has 0 aliphatic carbocycles. The van der Waals surface area contributed by atoms with E-state index in [1.165, 1.54) is 0 Å². The molecule has 0 amide bonds. The van der Waals surface area contributed by atoms with Gasteiger partial charge in [0.25, 0.3) is 0 Å². The zero-order chi connectivity index (χ0) is 10.7. The molecule has 0 atom stereocenters. The normalized spacial score (nSPS) is 10.5. The number of pyridine rings is 1. The van der Waals surface area contributed by atoms with E-state index in [1.807, 2.05) is 30.3 Å². The van der Waals surface area contributed by atoms with E-state index in [9.17, 15) is 0 Å². The Labute approximate surface area is 93.8 Å². The maximum absolute atomic E-state index is 6.05. The lowest BCUT2D eigenvalue weighted by Crippen LogP contribution is -1.98. The van der Waals surface area contributed by atoms with Gasteiger partial charge in [-0.1, -0.05) is 36.7 Å². The highest BCUT2D eigenvalue weighted by Crippen LogP contribution is 2.26. The lowest BCUT2D eigenvalue weighted by molar-refractivity contribution is 0.306. The summed E-state index contributed by atoms with van der Waals surface area (Å²) in [6, 6.07) is 9.73. The number of hydrogen-bond donors (Lipinski definition) is 0. The zero-order valence-corrected chi connectivity index (χ0v) is 9.29. The number of para-hydroxylation sites is 1. The molecule has 15 heavy (non-hydrogen) atoms. The van der Waals surface area contributed by atoms with Gasteiger partial charge in [0.2, 0.25) is 5.88 Å². The lowest BCUT2D eigenvalue weighted by atomic mass is 10.2. The number of benzene rings is 1. The topological polar surface area (TPSA) is 22.1 Å². The molecule has 0 spiro atoms. The summed E-state index contributed by atoms with van der Waals surface area (Å²) in [4.78, 5) is 4.36. The van der Waals surface area contributed by atoms with E-state index in [0.29, 0.717) is 17.5 Å². The molecule has 2 rings (SSSR count). The van der Waals surface area contributed by atoms with Crippen molar-refractivity contribution in [2.24, 2.45) is 0 Å². The van der Waals surface area contributed by atoms with Crippen molar-refractivity contribution in [1.29, 1.82) is 0 Å². The molecule has 1 aromatic carbocycles. The molecule has 1 aromatic heterocycles. The van der Waals surface area contributed by atoms with Gasteiger partial charge < -0.3 is 4.74 Å². The van der Waals surface area contributed by atoms with Gasteiger partial charge in [0, 0.05) is 5.39 Å². The number of ether oxygens (including phenoxy) is 1. The van der Waals surface area contributed by atoms with Gasteiger partial charge in [0.05, 0.1) is 12.1 Å². The van der Waals surface area contributed by atoms with Crippen LogP contribution in [0.5, 0.6) is 5.88 Å². The predicted molar refractivity (Wildman–Crippen MR) is 62.5 cm³/mol. The van der Waals surface area contributed by atoms with E-state index in [0.717, 1.165) is 17.3 Å². The molecule has 2 nitrogen and oxygen atoms in total. The Kier molecular flexibility index (Phi) is 3.07. The van der Waals surface area contributed by atoms with E-state index in [2.05, 4.69) is 11.9 Å². The first-order valence-corrected chi connectivity index (χ1v) is 5.37. The summed E-state index contributed by atoms with van der Waals surface area (Å²) in [6.07, 6.45) is 0.949. The average Bonchev–Trinajstić information content (AvgIpc) is 2.26. The Morgan fingerprint density at radius 1 is 1.33 bits per heavy atom. The molecule has 1 heterocycles. The van der Waals surface area contributed by atoms with Gasteiger partial charge in [0.15, 0.2) is 0 Å². The third-order valence-corrected chi connectivity index (χ3v) is 2.36. The van der Waals surface area contributed by atoms with Crippen LogP contribution in [0.4, 0.5) is 0 Å². The Bertz CT molecular complexity index is 470. The second-order valence-corrected chi connectivity index (χ2v) is 3.72. The Morgan fingerprint density at radius 2 is 2.13 bits per heavy atom. The van der Waals surface area contributed by atoms with Crippen molar-refractivity contribution in [3.8, 4) is 5.88 Å². The predicted octanol–water partition coefficient (Wildman–Crippen LogP) is 3.68. The van der Waals surface area contributed by atoms with Crippen LogP contribution in [0, 0.1) is 0 Å². The van der Waals surface area contributed by atoms with Crippen LogP contribution in [0.3, 0.4) is 0 Å². The highest BCUT2D eigenvalue weighted by Gasteiger charge is 2.05. The van der Waals surface area contributed by atoms with Crippen molar-refractivity contribution in [3.63, 3.8) is 0 Å². The molecule has 0 fully saturated rings. The van der Waals surface area contributed by atoms with E-state index >= 15 is 0 Å². The van der Waals surface area contributed by atoms with Crippen molar-refractivity contribution < 1.29 is 4.74 Å². The molecular formula is C12H12ClNO. The minimum Gasteiger partial charge on any atom is -0.477 e. The molecular weight excluding hydrogens is 210 g/mol. The number of rotatable bonds is 3. The van der Waals surface area contributed by atoms with Crippen molar-refractivity contribution in [2.75, 3.05) is 6.61 Å². The summed E-state index contributed by atoms with van der Waals surface area (Å²) in [5.41, 5.74) is 0.910. The summed E-state index contributed by atoms with van der Waals surface area (Å²) in [5, 5.41) is 1.61. The SMILES string of the molecule is CCCOc1nc2ccccc2cc1Cl. The fourth-order valence-corrected chi connectivity index (χ4v) is 1.59. The van der Waals surface area contributed by atoms with Gasteiger partial charge in [-0.3, -0.25) is 0 Å².